The van der Waals surface area contributed by atoms with Gasteiger partial charge in [-0.2, -0.15) is 5.10 Å². The lowest BCUT2D eigenvalue weighted by atomic mass is 10.1. The molecule has 0 aliphatic carbocycles. The highest BCUT2D eigenvalue weighted by molar-refractivity contribution is 5.85. The van der Waals surface area contributed by atoms with Gasteiger partial charge in [-0.25, -0.2) is 4.98 Å². The molecule has 0 bridgehead atoms. The van der Waals surface area contributed by atoms with E-state index in [2.05, 4.69) is 29.0 Å². The molecule has 0 aliphatic heterocycles. The second-order valence-corrected chi connectivity index (χ2v) is 3.91. The van der Waals surface area contributed by atoms with Gasteiger partial charge in [0.2, 0.25) is 0 Å². The number of aromatic amines is 1. The number of nitrogens with one attached hydrogen (secondary N) is 1. The van der Waals surface area contributed by atoms with Crippen LogP contribution in [-0.2, 0) is 6.42 Å². The molecule has 0 saturated carbocycles. The second kappa shape index (κ2) is 3.29. The number of aromatic nitrogens is 3. The van der Waals surface area contributed by atoms with Gasteiger partial charge in [-0.05, 0) is 24.5 Å². The summed E-state index contributed by atoms with van der Waals surface area (Å²) in [6.45, 7) is 4.34. The Morgan fingerprint density at radius 3 is 2.93 bits per heavy atom. The van der Waals surface area contributed by atoms with Crippen LogP contribution in [0.5, 0.6) is 0 Å². The molecule has 74 valence electrons. The van der Waals surface area contributed by atoms with Gasteiger partial charge in [0.1, 0.15) is 5.82 Å². The first-order chi connectivity index (χ1) is 6.66. The van der Waals surface area contributed by atoms with Crippen molar-refractivity contribution in [2.45, 2.75) is 20.3 Å². The normalized spacial score (nSPS) is 11.4. The van der Waals surface area contributed by atoms with Crippen LogP contribution < -0.4 is 5.73 Å². The van der Waals surface area contributed by atoms with Crippen molar-refractivity contribution < 1.29 is 0 Å². The van der Waals surface area contributed by atoms with Gasteiger partial charge in [-0.3, -0.25) is 5.10 Å². The minimum Gasteiger partial charge on any atom is -0.384 e. The van der Waals surface area contributed by atoms with Crippen LogP contribution in [0, 0.1) is 5.92 Å². The highest BCUT2D eigenvalue weighted by Crippen LogP contribution is 2.16. The zero-order chi connectivity index (χ0) is 10.1. The molecule has 0 spiro atoms. The Bertz CT molecular complexity index is 444. The van der Waals surface area contributed by atoms with Crippen LogP contribution in [0.25, 0.3) is 11.0 Å². The summed E-state index contributed by atoms with van der Waals surface area (Å²) in [4.78, 5) is 4.41. The number of nitrogens with two attached hydrogens (primary N) is 1. The summed E-state index contributed by atoms with van der Waals surface area (Å²) in [6.07, 6.45) is 0.975. The van der Waals surface area contributed by atoms with E-state index < -0.39 is 0 Å². The quantitative estimate of drug-likeness (QED) is 0.757. The van der Waals surface area contributed by atoms with Gasteiger partial charge in [0.05, 0.1) is 5.39 Å². The highest BCUT2D eigenvalue weighted by Gasteiger charge is 2.05. The van der Waals surface area contributed by atoms with Crippen LogP contribution in [-0.4, -0.2) is 15.2 Å². The summed E-state index contributed by atoms with van der Waals surface area (Å²) in [5, 5.41) is 7.65. The van der Waals surface area contributed by atoms with E-state index in [-0.39, 0.29) is 0 Å². The number of hydrogen-bond donors (Lipinski definition) is 2. The molecular weight excluding hydrogens is 176 g/mol. The van der Waals surface area contributed by atoms with Crippen LogP contribution in [0.2, 0.25) is 0 Å². The zero-order valence-corrected chi connectivity index (χ0v) is 8.41. The first kappa shape index (κ1) is 8.99. The van der Waals surface area contributed by atoms with Crippen LogP contribution in [0.1, 0.15) is 19.5 Å². The fraction of sp³-hybridized carbons (Fsp3) is 0.400. The summed E-state index contributed by atoms with van der Waals surface area (Å²) in [5.74, 6) is 1.19. The minimum atomic E-state index is 0.587. The van der Waals surface area contributed by atoms with Crippen LogP contribution in [0.3, 0.4) is 0 Å². The van der Waals surface area contributed by atoms with E-state index in [1.54, 1.807) is 0 Å². The molecule has 0 aliphatic rings. The van der Waals surface area contributed by atoms with E-state index in [9.17, 15) is 0 Å². The average molecular weight is 190 g/mol. The molecule has 2 rings (SSSR count). The molecule has 0 saturated heterocycles. The van der Waals surface area contributed by atoms with Gasteiger partial charge < -0.3 is 5.73 Å². The van der Waals surface area contributed by atoms with Crippen molar-refractivity contribution in [3.05, 3.63) is 17.8 Å². The van der Waals surface area contributed by atoms with Gasteiger partial charge in [-0.15, -0.1) is 0 Å². The smallest absolute Gasteiger partial charge is 0.183 e. The largest absolute Gasteiger partial charge is 0.384 e. The Balaban J connectivity index is 2.42. The molecule has 4 nitrogen and oxygen atoms in total. The summed E-state index contributed by atoms with van der Waals surface area (Å²) >= 11 is 0. The fourth-order valence-electron chi connectivity index (χ4n) is 1.49. The molecule has 2 heterocycles. The van der Waals surface area contributed by atoms with E-state index in [0.717, 1.165) is 17.5 Å². The molecule has 2 aromatic rings. The molecule has 0 fully saturated rings. The van der Waals surface area contributed by atoms with Crippen molar-refractivity contribution in [3.63, 3.8) is 0 Å². The standard InChI is InChI=1S/C10H14N4/c1-6(2)5-7-3-4-8-9(11)13-14-10(8)12-7/h3-4,6H,5H2,1-2H3,(H3,11,12,13,14). The number of rotatable bonds is 2. The highest BCUT2D eigenvalue weighted by atomic mass is 15.2. The second-order valence-electron chi connectivity index (χ2n) is 3.91. The average Bonchev–Trinajstić information content (AvgIpc) is 2.46. The third-order valence-electron chi connectivity index (χ3n) is 2.12. The number of pyridine rings is 1. The number of H-pyrrole nitrogens is 1. The number of fused-ring (bicyclic) bond motifs is 1. The first-order valence-electron chi connectivity index (χ1n) is 4.76. The Labute approximate surface area is 82.5 Å². The first-order valence-corrected chi connectivity index (χ1v) is 4.76. The van der Waals surface area contributed by atoms with Crippen molar-refractivity contribution in [2.24, 2.45) is 5.92 Å². The van der Waals surface area contributed by atoms with Gasteiger partial charge in [0.25, 0.3) is 0 Å². The maximum Gasteiger partial charge on any atom is 0.183 e. The van der Waals surface area contributed by atoms with Crippen molar-refractivity contribution >= 4 is 16.9 Å². The summed E-state index contributed by atoms with van der Waals surface area (Å²) in [5.41, 5.74) is 7.45. The fourth-order valence-corrected chi connectivity index (χ4v) is 1.49. The molecule has 14 heavy (non-hydrogen) atoms. The summed E-state index contributed by atoms with van der Waals surface area (Å²) < 4.78 is 0. The molecule has 4 heteroatoms. The summed E-state index contributed by atoms with van der Waals surface area (Å²) in [6, 6.07) is 3.98. The zero-order valence-electron chi connectivity index (χ0n) is 8.41. The van der Waals surface area contributed by atoms with Crippen LogP contribution in [0.4, 0.5) is 5.82 Å². The van der Waals surface area contributed by atoms with Gasteiger partial charge in [0.15, 0.2) is 5.65 Å². The maximum absolute atomic E-state index is 5.67. The van der Waals surface area contributed by atoms with E-state index in [4.69, 9.17) is 5.73 Å². The van der Waals surface area contributed by atoms with E-state index in [1.165, 1.54) is 0 Å². The lowest BCUT2D eigenvalue weighted by molar-refractivity contribution is 0.636. The molecule has 3 N–H and O–H groups in total. The lowest BCUT2D eigenvalue weighted by Crippen LogP contribution is -1.97. The van der Waals surface area contributed by atoms with Crippen molar-refractivity contribution in [3.8, 4) is 0 Å². The predicted molar refractivity (Wildman–Crippen MR) is 56.8 cm³/mol. The number of nitrogens with zero attached hydrogens (tertiary/aromatic N) is 2. The number of hydrogen-bond acceptors (Lipinski definition) is 3. The van der Waals surface area contributed by atoms with Gasteiger partial charge in [-0.1, -0.05) is 13.8 Å². The van der Waals surface area contributed by atoms with Gasteiger partial charge in [0, 0.05) is 5.69 Å². The Kier molecular flexibility index (Phi) is 2.11. The summed E-state index contributed by atoms with van der Waals surface area (Å²) in [7, 11) is 0. The number of anilines is 1. The van der Waals surface area contributed by atoms with Crippen LogP contribution in [0.15, 0.2) is 12.1 Å². The Morgan fingerprint density at radius 2 is 2.21 bits per heavy atom. The Morgan fingerprint density at radius 1 is 1.43 bits per heavy atom. The van der Waals surface area contributed by atoms with Crippen molar-refractivity contribution in [2.75, 3.05) is 5.73 Å². The molecule has 0 aromatic carbocycles. The van der Waals surface area contributed by atoms with E-state index in [0.29, 0.717) is 17.4 Å². The molecule has 0 unspecified atom stereocenters. The third kappa shape index (κ3) is 1.55. The van der Waals surface area contributed by atoms with E-state index >= 15 is 0 Å². The van der Waals surface area contributed by atoms with Crippen molar-refractivity contribution in [1.29, 1.82) is 0 Å². The molecule has 0 amide bonds. The molecule has 2 aromatic heterocycles. The maximum atomic E-state index is 5.67. The molecule has 0 radical (unpaired) electrons. The van der Waals surface area contributed by atoms with Crippen molar-refractivity contribution in [1.82, 2.24) is 15.2 Å². The third-order valence-corrected chi connectivity index (χ3v) is 2.12. The van der Waals surface area contributed by atoms with Gasteiger partial charge >= 0.3 is 0 Å². The molecular formula is C10H14N4. The SMILES string of the molecule is CC(C)Cc1ccc2c(N)[nH]nc2n1. The minimum absolute atomic E-state index is 0.587. The lowest BCUT2D eigenvalue weighted by Gasteiger charge is -2.02. The topological polar surface area (TPSA) is 67.6 Å². The monoisotopic (exact) mass is 190 g/mol. The molecule has 0 atom stereocenters. The Hall–Kier alpha value is -1.58. The predicted octanol–water partition coefficient (Wildman–Crippen LogP) is 1.74. The van der Waals surface area contributed by atoms with Crippen LogP contribution >= 0.6 is 0 Å². The number of nitrogen functional groups attached to an aromatic ring is 1. The van der Waals surface area contributed by atoms with E-state index in [1.807, 2.05) is 12.1 Å².